The fourth-order valence-corrected chi connectivity index (χ4v) is 12.8. The predicted molar refractivity (Wildman–Crippen MR) is 352 cm³/mol. The summed E-state index contributed by atoms with van der Waals surface area (Å²) in [4.78, 5) is 2.54. The second kappa shape index (κ2) is 20.5. The molecule has 0 saturated heterocycles. The molecule has 0 spiro atoms. The monoisotopic (exact) mass is 1060 g/mol. The van der Waals surface area contributed by atoms with Gasteiger partial charge in [-0.2, -0.15) is 0 Å². The van der Waals surface area contributed by atoms with Crippen LogP contribution in [0.2, 0.25) is 0 Å². The van der Waals surface area contributed by atoms with Gasteiger partial charge in [0.15, 0.2) is 0 Å². The third-order valence-corrected chi connectivity index (χ3v) is 17.4. The normalized spacial score (nSPS) is 13.2. The Morgan fingerprint density at radius 2 is 0.671 bits per heavy atom. The summed E-state index contributed by atoms with van der Waals surface area (Å²) in [6.07, 6.45) is 0. The molecule has 0 bridgehead atoms. The molecular formula is C81H77N. The average Bonchev–Trinajstić information content (AvgIpc) is 1.72. The van der Waals surface area contributed by atoms with Crippen LogP contribution in [-0.2, 0) is 27.1 Å². The molecule has 0 N–H and O–H groups in total. The molecule has 12 rings (SSSR count). The van der Waals surface area contributed by atoms with E-state index in [9.17, 15) is 0 Å². The van der Waals surface area contributed by atoms with Gasteiger partial charge in [-0.1, -0.05) is 308 Å². The third-order valence-electron chi connectivity index (χ3n) is 17.4. The molecule has 0 amide bonds. The van der Waals surface area contributed by atoms with Gasteiger partial charge in [0.05, 0.1) is 16.8 Å². The molecule has 1 nitrogen and oxygen atoms in total. The van der Waals surface area contributed by atoms with E-state index >= 15 is 0 Å². The fraction of sp³-hybridized carbons (Fsp3) is 0.210. The Hall–Kier alpha value is -8.52. The second-order valence-electron chi connectivity index (χ2n) is 27.0. The molecule has 82 heavy (non-hydrogen) atoms. The highest BCUT2D eigenvalue weighted by molar-refractivity contribution is 6.09. The second-order valence-corrected chi connectivity index (χ2v) is 27.0. The first-order chi connectivity index (χ1) is 39.2. The van der Waals surface area contributed by atoms with Crippen LogP contribution in [0.4, 0.5) is 17.1 Å². The Balaban J connectivity index is 1.09. The van der Waals surface area contributed by atoms with Crippen molar-refractivity contribution in [1.82, 2.24) is 0 Å². The van der Waals surface area contributed by atoms with E-state index in [-0.39, 0.29) is 21.7 Å². The molecular weight excluding hydrogens is 987 g/mol. The van der Waals surface area contributed by atoms with Gasteiger partial charge in [0.2, 0.25) is 0 Å². The predicted octanol–water partition coefficient (Wildman–Crippen LogP) is 22.5. The van der Waals surface area contributed by atoms with Crippen LogP contribution in [0.5, 0.6) is 0 Å². The van der Waals surface area contributed by atoms with Crippen molar-refractivity contribution >= 4 is 27.8 Å². The number of hydrogen-bond acceptors (Lipinski definition) is 1. The van der Waals surface area contributed by atoms with Crippen LogP contribution in [0.3, 0.4) is 0 Å². The van der Waals surface area contributed by atoms with Crippen molar-refractivity contribution in [3.8, 4) is 55.6 Å². The van der Waals surface area contributed by atoms with Crippen LogP contribution in [-0.4, -0.2) is 0 Å². The lowest BCUT2D eigenvalue weighted by molar-refractivity contribution is 0.568. The minimum absolute atomic E-state index is 0.0283. The minimum Gasteiger partial charge on any atom is -0.309 e. The molecule has 406 valence electrons. The SMILES string of the molecule is CC(C)(C)c1cc(-c2ccccc2N(c2ccc(-c3cccc4c3-c3ccccc3C4(c3ccccc3)c3ccccc3)cc2)c2ccccc2-c2cccc3cccc(-c4cc(C(C)(C)C)cc(C(C)(C)C)c4)c23)cc(C(C)(C)C)c1. The first-order valence-corrected chi connectivity index (χ1v) is 29.5. The number of benzene rings is 11. The lowest BCUT2D eigenvalue weighted by atomic mass is 9.67. The van der Waals surface area contributed by atoms with E-state index < -0.39 is 5.41 Å². The van der Waals surface area contributed by atoms with Crippen molar-refractivity contribution < 1.29 is 0 Å². The van der Waals surface area contributed by atoms with E-state index in [1.807, 2.05) is 0 Å². The zero-order valence-corrected chi connectivity index (χ0v) is 50.1. The smallest absolute Gasteiger partial charge is 0.0713 e. The molecule has 11 aromatic rings. The molecule has 0 unspecified atom stereocenters. The lowest BCUT2D eigenvalue weighted by Gasteiger charge is -2.34. The summed E-state index contributed by atoms with van der Waals surface area (Å²) in [7, 11) is 0. The third kappa shape index (κ3) is 9.58. The van der Waals surface area contributed by atoms with Crippen molar-refractivity contribution in [3.05, 3.63) is 293 Å². The Labute approximate surface area is 489 Å². The van der Waals surface area contributed by atoms with Crippen LogP contribution in [0, 0.1) is 0 Å². The molecule has 0 fully saturated rings. The lowest BCUT2D eigenvalue weighted by Crippen LogP contribution is -2.28. The van der Waals surface area contributed by atoms with Crippen LogP contribution in [0.1, 0.15) is 128 Å². The first-order valence-electron chi connectivity index (χ1n) is 29.5. The summed E-state index contributed by atoms with van der Waals surface area (Å²) in [6, 6.07) is 94.2. The highest BCUT2D eigenvalue weighted by atomic mass is 15.1. The van der Waals surface area contributed by atoms with E-state index in [0.717, 1.165) is 22.6 Å². The maximum atomic E-state index is 2.54. The van der Waals surface area contributed by atoms with Gasteiger partial charge in [-0.25, -0.2) is 0 Å². The summed E-state index contributed by atoms with van der Waals surface area (Å²) >= 11 is 0. The fourth-order valence-electron chi connectivity index (χ4n) is 12.8. The van der Waals surface area contributed by atoms with E-state index in [1.54, 1.807) is 0 Å². The summed E-state index contributed by atoms with van der Waals surface area (Å²) in [6.45, 7) is 28.0. The molecule has 1 heteroatoms. The van der Waals surface area contributed by atoms with Gasteiger partial charge in [-0.05, 0) is 146 Å². The van der Waals surface area contributed by atoms with Gasteiger partial charge in [-0.3, -0.25) is 0 Å². The van der Waals surface area contributed by atoms with Gasteiger partial charge in [-0.15, -0.1) is 0 Å². The highest BCUT2D eigenvalue weighted by Crippen LogP contribution is 2.59. The molecule has 0 heterocycles. The van der Waals surface area contributed by atoms with Crippen molar-refractivity contribution in [2.24, 2.45) is 0 Å². The number of para-hydroxylation sites is 2. The molecule has 0 atom stereocenters. The van der Waals surface area contributed by atoms with E-state index in [0.29, 0.717) is 0 Å². The van der Waals surface area contributed by atoms with E-state index in [4.69, 9.17) is 0 Å². The summed E-state index contributed by atoms with van der Waals surface area (Å²) in [5, 5.41) is 2.47. The molecule has 0 saturated carbocycles. The molecule has 11 aromatic carbocycles. The van der Waals surface area contributed by atoms with Crippen molar-refractivity contribution in [2.45, 2.75) is 110 Å². The quantitative estimate of drug-likeness (QED) is 0.139. The summed E-state index contributed by atoms with van der Waals surface area (Å²) in [5.74, 6) is 0. The van der Waals surface area contributed by atoms with Gasteiger partial charge in [0, 0.05) is 16.8 Å². The summed E-state index contributed by atoms with van der Waals surface area (Å²) in [5.41, 5.74) is 25.3. The van der Waals surface area contributed by atoms with E-state index in [1.165, 1.54) is 105 Å². The number of rotatable bonds is 9. The van der Waals surface area contributed by atoms with Crippen LogP contribution < -0.4 is 4.90 Å². The number of anilines is 3. The Kier molecular flexibility index (Phi) is 13.5. The van der Waals surface area contributed by atoms with Crippen molar-refractivity contribution in [3.63, 3.8) is 0 Å². The topological polar surface area (TPSA) is 3.24 Å². The number of nitrogens with zero attached hydrogens (tertiary/aromatic N) is 1. The van der Waals surface area contributed by atoms with Crippen molar-refractivity contribution in [2.75, 3.05) is 4.90 Å². The Morgan fingerprint density at radius 1 is 0.280 bits per heavy atom. The Bertz CT molecular complexity index is 4060. The average molecular weight is 1060 g/mol. The van der Waals surface area contributed by atoms with Gasteiger partial charge >= 0.3 is 0 Å². The first kappa shape index (κ1) is 54.1. The van der Waals surface area contributed by atoms with Gasteiger partial charge in [0.1, 0.15) is 0 Å². The molecule has 1 aliphatic carbocycles. The van der Waals surface area contributed by atoms with Gasteiger partial charge in [0.25, 0.3) is 0 Å². The summed E-state index contributed by atoms with van der Waals surface area (Å²) < 4.78 is 0. The van der Waals surface area contributed by atoms with Gasteiger partial charge < -0.3 is 4.90 Å². The van der Waals surface area contributed by atoms with E-state index in [2.05, 4.69) is 337 Å². The van der Waals surface area contributed by atoms with Crippen LogP contribution >= 0.6 is 0 Å². The number of hydrogen-bond donors (Lipinski definition) is 0. The molecule has 0 aromatic heterocycles. The van der Waals surface area contributed by atoms with Crippen LogP contribution in [0.25, 0.3) is 66.4 Å². The van der Waals surface area contributed by atoms with Crippen LogP contribution in [0.15, 0.2) is 249 Å². The maximum Gasteiger partial charge on any atom is 0.0713 e. The van der Waals surface area contributed by atoms with Crippen molar-refractivity contribution in [1.29, 1.82) is 0 Å². The minimum atomic E-state index is -0.489. The molecule has 1 aliphatic rings. The zero-order chi connectivity index (χ0) is 57.3. The largest absolute Gasteiger partial charge is 0.309 e. The molecule has 0 aliphatic heterocycles. The highest BCUT2D eigenvalue weighted by Gasteiger charge is 2.46. The maximum absolute atomic E-state index is 2.54. The Morgan fingerprint density at radius 3 is 1.20 bits per heavy atom. The zero-order valence-electron chi connectivity index (χ0n) is 50.1. The number of fused-ring (bicyclic) bond motifs is 4. The standard InChI is InChI=1S/C81H77N/c1-77(2,3)60-48-56(49-61(52-60)78(4,5)6)65-34-20-23-42-73(65)82(74-43-24-21-35-68(74)69-39-26-29-55-28-25-37-67(75(55)69)57-50-62(79(7,8)9)53-63(51-57)80(10,11)12)64-46-44-54(45-47-64)66-38-27-41-72-76(66)70-36-19-22-40-71(70)81(72,58-30-15-13-16-31-58)59-32-17-14-18-33-59/h13-53H,1-12H3. The molecule has 0 radical (unpaired) electrons.